The minimum Gasteiger partial charge on any atom is -0.460 e. The first-order valence-electron chi connectivity index (χ1n) is 25.7. The molecule has 0 spiro atoms. The topological polar surface area (TPSA) is 401 Å². The Morgan fingerprint density at radius 1 is 0.415 bits per heavy atom. The fourth-order valence-electron chi connectivity index (χ4n) is 6.19. The van der Waals surface area contributed by atoms with Crippen LogP contribution in [0.4, 0.5) is 9.59 Å². The van der Waals surface area contributed by atoms with Crippen LogP contribution in [0.1, 0.15) is 163 Å². The maximum absolute atomic E-state index is 14.0. The lowest BCUT2D eigenvalue weighted by Gasteiger charge is -2.27. The van der Waals surface area contributed by atoms with Crippen LogP contribution in [-0.2, 0) is 95.9 Å². The van der Waals surface area contributed by atoms with Crippen molar-refractivity contribution in [3.8, 4) is 0 Å². The van der Waals surface area contributed by atoms with Crippen molar-refractivity contribution in [2.45, 2.75) is 221 Å². The average molecular weight is 1260 g/mol. The molecule has 0 aromatic carbocycles. The number of hydrogen-bond donors (Lipinski definition) is 6. The van der Waals surface area contributed by atoms with Gasteiger partial charge in [0, 0.05) is 37.2 Å². The van der Waals surface area contributed by atoms with E-state index in [0.29, 0.717) is 0 Å². The van der Waals surface area contributed by atoms with Gasteiger partial charge in [-0.15, -0.1) is 0 Å². The minimum absolute atomic E-state index is 0.305. The van der Waals surface area contributed by atoms with Gasteiger partial charge < -0.3 is 49.7 Å². The van der Waals surface area contributed by atoms with Gasteiger partial charge in [-0.1, -0.05) is 21.6 Å². The molecule has 474 valence electrons. The van der Waals surface area contributed by atoms with Crippen LogP contribution in [0.2, 0.25) is 0 Å². The number of ketones is 2. The zero-order valence-electron chi connectivity index (χ0n) is 50.0. The summed E-state index contributed by atoms with van der Waals surface area (Å²) < 4.78 is 107. The van der Waals surface area contributed by atoms with Gasteiger partial charge in [-0.2, -0.15) is 16.8 Å². The molecule has 0 unspecified atom stereocenters. The van der Waals surface area contributed by atoms with E-state index in [1.54, 1.807) is 83.1 Å². The monoisotopic (exact) mass is 1250 g/mol. The molecule has 0 aromatic heterocycles. The molecule has 28 nitrogen and oxygen atoms in total. The molecular formula is C50H86N4O24S4. The SMILES string of the molecule is CC(C)(C)OC(=O)N[C@@H](CCC(=O)C[C@@H](COS(=O)(=O)O)C(=O)N[C@@H](CSSC[C@H](CC(=O)[C@H](COS(=O)(=O)O)NC(=O)CC[C@H](NC(=O)OC(C)(C)C)C(=O)OC(C)(C)C)C(=O)OC(C)(C)C)C(=O)OC(C)(C)C)C(=O)OC(C)(C)C. The second-order valence-electron chi connectivity index (χ2n) is 24.6. The smallest absolute Gasteiger partial charge is 0.408 e. The molecule has 6 atom stereocenters. The molecule has 0 saturated carbocycles. The van der Waals surface area contributed by atoms with Crippen molar-refractivity contribution in [2.75, 3.05) is 24.7 Å². The van der Waals surface area contributed by atoms with Gasteiger partial charge in [-0.05, 0) is 137 Å². The van der Waals surface area contributed by atoms with Gasteiger partial charge in [-0.3, -0.25) is 33.1 Å². The summed E-state index contributed by atoms with van der Waals surface area (Å²) in [5.41, 5.74) is -6.28. The van der Waals surface area contributed by atoms with Crippen LogP contribution >= 0.6 is 21.6 Å². The van der Waals surface area contributed by atoms with Crippen molar-refractivity contribution >= 4 is 102 Å². The Hall–Kier alpha value is -4.86. The van der Waals surface area contributed by atoms with Gasteiger partial charge in [0.15, 0.2) is 5.78 Å². The molecule has 0 aliphatic heterocycles. The third kappa shape index (κ3) is 39.6. The summed E-state index contributed by atoms with van der Waals surface area (Å²) in [7, 11) is -8.72. The largest absolute Gasteiger partial charge is 0.460 e. The maximum atomic E-state index is 14.0. The normalized spacial score (nSPS) is 14.9. The molecule has 0 saturated heterocycles. The van der Waals surface area contributed by atoms with E-state index in [2.05, 4.69) is 29.6 Å². The lowest BCUT2D eigenvalue weighted by atomic mass is 9.98. The van der Waals surface area contributed by atoms with E-state index in [9.17, 15) is 73.9 Å². The summed E-state index contributed by atoms with van der Waals surface area (Å²) in [6.07, 6.45) is -5.51. The fourth-order valence-corrected chi connectivity index (χ4v) is 9.28. The van der Waals surface area contributed by atoms with E-state index in [0.717, 1.165) is 21.6 Å². The van der Waals surface area contributed by atoms with Gasteiger partial charge in [0.25, 0.3) is 0 Å². The first-order chi connectivity index (χ1) is 36.7. The number of Topliss-reactive ketones (excluding diaryl/α,β-unsaturated/α-hetero) is 2. The number of nitrogens with one attached hydrogen (secondary N) is 4. The standard InChI is InChI=1S/C50H86N4O24S4/c1-45(2,3)73-39(59)30(24-36(56)34(26-72-82(68,69)70)51-37(57)22-21-33(41(61)75-47(7,8)9)54-44(64)78-50(16,17)18)27-79-80-28-35(42(62)76-48(10,11)12)52-38(58)29(25-71-81(65,66)67)23-31(55)19-20-32(40(60)74-46(4,5)6)53-43(63)77-49(13,14)15/h29-30,32-35H,19-28H2,1-18H3,(H,51,57)(H,52,58)(H,53,63)(H,54,64)(H,65,66,67)(H,68,69,70)/t29-,30-,32-,33-,34-,35-/m0/s1. The Morgan fingerprint density at radius 3 is 1.18 bits per heavy atom. The summed E-state index contributed by atoms with van der Waals surface area (Å²) in [6.45, 7) is 25.6. The second kappa shape index (κ2) is 32.4. The first-order valence-corrected chi connectivity index (χ1v) is 31.0. The van der Waals surface area contributed by atoms with Gasteiger partial charge in [0.2, 0.25) is 11.8 Å². The molecule has 0 bridgehead atoms. The lowest BCUT2D eigenvalue weighted by Crippen LogP contribution is -2.48. The van der Waals surface area contributed by atoms with Gasteiger partial charge in [0.1, 0.15) is 63.6 Å². The Bertz CT molecular complexity index is 2280. The van der Waals surface area contributed by atoms with Crippen LogP contribution in [0.3, 0.4) is 0 Å². The van der Waals surface area contributed by atoms with Crippen LogP contribution in [0.25, 0.3) is 0 Å². The molecule has 0 radical (unpaired) electrons. The van der Waals surface area contributed by atoms with Gasteiger partial charge >= 0.3 is 56.9 Å². The quantitative estimate of drug-likeness (QED) is 0.0178. The molecule has 82 heavy (non-hydrogen) atoms. The number of esters is 4. The average Bonchev–Trinajstić information content (AvgIpc) is 3.22. The third-order valence-electron chi connectivity index (χ3n) is 9.29. The van der Waals surface area contributed by atoms with E-state index < -0.39 is 195 Å². The number of amides is 4. The number of carbonyl (C=O) groups is 10. The molecule has 32 heteroatoms. The molecule has 0 aliphatic carbocycles. The second-order valence-corrected chi connectivity index (χ2v) is 29.3. The minimum atomic E-state index is -5.22. The Morgan fingerprint density at radius 2 is 0.780 bits per heavy atom. The lowest BCUT2D eigenvalue weighted by molar-refractivity contribution is -0.160. The van der Waals surface area contributed by atoms with E-state index in [4.69, 9.17) is 28.4 Å². The van der Waals surface area contributed by atoms with Gasteiger partial charge in [-0.25, -0.2) is 32.3 Å². The van der Waals surface area contributed by atoms with Crippen LogP contribution < -0.4 is 21.3 Å². The maximum Gasteiger partial charge on any atom is 0.408 e. The highest BCUT2D eigenvalue weighted by molar-refractivity contribution is 8.76. The highest BCUT2D eigenvalue weighted by Crippen LogP contribution is 2.29. The third-order valence-corrected chi connectivity index (χ3v) is 12.6. The van der Waals surface area contributed by atoms with Crippen molar-refractivity contribution in [3.05, 3.63) is 0 Å². The van der Waals surface area contributed by atoms with Crippen LogP contribution in [0.15, 0.2) is 0 Å². The number of rotatable bonds is 31. The summed E-state index contributed by atoms with van der Waals surface area (Å²) in [6, 6.07) is -6.34. The van der Waals surface area contributed by atoms with E-state index in [1.165, 1.54) is 41.5 Å². The molecule has 0 aliphatic rings. The van der Waals surface area contributed by atoms with Crippen molar-refractivity contribution in [3.63, 3.8) is 0 Å². The predicted molar refractivity (Wildman–Crippen MR) is 298 cm³/mol. The zero-order chi connectivity index (χ0) is 64.2. The van der Waals surface area contributed by atoms with Crippen LogP contribution in [0.5, 0.6) is 0 Å². The van der Waals surface area contributed by atoms with E-state index in [1.807, 2.05) is 0 Å². The van der Waals surface area contributed by atoms with Crippen LogP contribution in [0, 0.1) is 11.8 Å². The Kier molecular flexibility index (Phi) is 30.5. The molecule has 0 rings (SSSR count). The number of alkyl carbamates (subject to hydrolysis) is 2. The Labute approximate surface area is 489 Å². The summed E-state index contributed by atoms with van der Waals surface area (Å²) in [4.78, 5) is 133. The molecule has 0 aromatic rings. The molecular weight excluding hydrogens is 1170 g/mol. The first kappa shape index (κ1) is 77.1. The fraction of sp³-hybridized carbons (Fsp3) is 0.800. The van der Waals surface area contributed by atoms with E-state index in [-0.39, 0.29) is 17.9 Å². The van der Waals surface area contributed by atoms with Crippen LogP contribution in [-0.4, -0.2) is 168 Å². The molecule has 4 amide bonds. The highest BCUT2D eigenvalue weighted by Gasteiger charge is 2.37. The van der Waals surface area contributed by atoms with E-state index >= 15 is 0 Å². The molecule has 0 fully saturated rings. The molecule has 0 heterocycles. The highest BCUT2D eigenvalue weighted by atomic mass is 33.1. The van der Waals surface area contributed by atoms with Gasteiger partial charge in [0.05, 0.1) is 25.0 Å². The van der Waals surface area contributed by atoms with Crippen molar-refractivity contribution in [1.29, 1.82) is 0 Å². The molecule has 6 N–H and O–H groups in total. The van der Waals surface area contributed by atoms with Crippen molar-refractivity contribution in [1.82, 2.24) is 21.3 Å². The van der Waals surface area contributed by atoms with Crippen molar-refractivity contribution < 1.29 is 111 Å². The predicted octanol–water partition coefficient (Wildman–Crippen LogP) is 4.84. The summed E-state index contributed by atoms with van der Waals surface area (Å²) in [5, 5.41) is 9.36. The number of hydrogen-bond acceptors (Lipinski definition) is 24. The van der Waals surface area contributed by atoms with Crippen molar-refractivity contribution in [2.24, 2.45) is 11.8 Å². The zero-order valence-corrected chi connectivity index (χ0v) is 53.3. The summed E-state index contributed by atoms with van der Waals surface area (Å²) >= 11 is 0. The number of carbonyl (C=O) groups excluding carboxylic acids is 10. The summed E-state index contributed by atoms with van der Waals surface area (Å²) in [5.74, 6) is -11.6. The number of ether oxygens (including phenoxy) is 6. The Balaban J connectivity index is 6.74.